The number of aromatic nitrogens is 2. The zero-order valence-electron chi connectivity index (χ0n) is 13.7. The highest BCUT2D eigenvalue weighted by Crippen LogP contribution is 2.28. The Bertz CT molecular complexity index is 963. The van der Waals surface area contributed by atoms with E-state index in [1.54, 1.807) is 23.8 Å². The van der Waals surface area contributed by atoms with Gasteiger partial charge in [-0.15, -0.1) is 6.58 Å². The van der Waals surface area contributed by atoms with Gasteiger partial charge in [-0.25, -0.2) is 4.98 Å². The number of thioether (sulfide) groups is 1. The van der Waals surface area contributed by atoms with Crippen LogP contribution in [0.2, 0.25) is 0 Å². The van der Waals surface area contributed by atoms with E-state index in [0.717, 1.165) is 5.56 Å². The predicted octanol–water partition coefficient (Wildman–Crippen LogP) is 3.98. The van der Waals surface area contributed by atoms with Crippen molar-refractivity contribution in [1.29, 1.82) is 0 Å². The molecule has 0 fully saturated rings. The Labute approximate surface area is 144 Å². The van der Waals surface area contributed by atoms with Gasteiger partial charge in [0.1, 0.15) is 5.75 Å². The minimum absolute atomic E-state index is 0.101. The molecule has 0 unspecified atom stereocenters. The Morgan fingerprint density at radius 3 is 2.83 bits per heavy atom. The number of benzene rings is 2. The minimum atomic E-state index is -0.101. The molecule has 0 N–H and O–H groups in total. The van der Waals surface area contributed by atoms with Crippen LogP contribution in [0.15, 0.2) is 65.1 Å². The molecule has 1 aromatic heterocycles. The molecule has 0 amide bonds. The smallest absolute Gasteiger partial charge is 0.266 e. The number of hydrogen-bond donors (Lipinski definition) is 0. The van der Waals surface area contributed by atoms with Gasteiger partial charge in [-0.2, -0.15) is 0 Å². The molecular formula is C19H18N2O2S. The number of methoxy groups -OCH3 is 1. The Morgan fingerprint density at radius 1 is 1.29 bits per heavy atom. The third kappa shape index (κ3) is 2.95. The van der Waals surface area contributed by atoms with Crippen LogP contribution in [0.25, 0.3) is 16.6 Å². The molecule has 0 aliphatic heterocycles. The van der Waals surface area contributed by atoms with Gasteiger partial charge in [-0.05, 0) is 36.8 Å². The first-order valence-corrected chi connectivity index (χ1v) is 8.54. The summed E-state index contributed by atoms with van der Waals surface area (Å²) < 4.78 is 7.09. The summed E-state index contributed by atoms with van der Waals surface area (Å²) in [6.07, 6.45) is 1.80. The number of ether oxygens (including phenoxy) is 1. The van der Waals surface area contributed by atoms with Crippen LogP contribution in [0.3, 0.4) is 0 Å². The van der Waals surface area contributed by atoms with Gasteiger partial charge in [0.15, 0.2) is 5.16 Å². The largest absolute Gasteiger partial charge is 0.495 e. The summed E-state index contributed by atoms with van der Waals surface area (Å²) in [4.78, 5) is 17.8. The third-order valence-electron chi connectivity index (χ3n) is 3.65. The number of nitrogens with zero attached hydrogens (tertiary/aromatic N) is 2. The van der Waals surface area contributed by atoms with Gasteiger partial charge in [0.2, 0.25) is 0 Å². The molecule has 0 bridgehead atoms. The van der Waals surface area contributed by atoms with Gasteiger partial charge in [-0.3, -0.25) is 9.36 Å². The first kappa shape index (κ1) is 16.3. The summed E-state index contributed by atoms with van der Waals surface area (Å²) in [7, 11) is 1.60. The molecule has 0 radical (unpaired) electrons. The molecule has 122 valence electrons. The van der Waals surface area contributed by atoms with Crippen molar-refractivity contribution in [3.63, 3.8) is 0 Å². The molecule has 4 nitrogen and oxygen atoms in total. The quantitative estimate of drug-likeness (QED) is 0.401. The molecule has 0 aliphatic carbocycles. The van der Waals surface area contributed by atoms with E-state index in [4.69, 9.17) is 4.74 Å². The Balaban J connectivity index is 2.37. The average molecular weight is 338 g/mol. The summed E-state index contributed by atoms with van der Waals surface area (Å²) in [5.74, 6) is 1.30. The zero-order valence-corrected chi connectivity index (χ0v) is 14.5. The summed E-state index contributed by atoms with van der Waals surface area (Å²) in [5, 5.41) is 1.21. The van der Waals surface area contributed by atoms with Crippen molar-refractivity contribution in [2.24, 2.45) is 0 Å². The average Bonchev–Trinajstić information content (AvgIpc) is 2.60. The van der Waals surface area contributed by atoms with Gasteiger partial charge in [0, 0.05) is 5.75 Å². The highest BCUT2D eigenvalue weighted by Gasteiger charge is 2.16. The van der Waals surface area contributed by atoms with Crippen molar-refractivity contribution in [1.82, 2.24) is 9.55 Å². The van der Waals surface area contributed by atoms with E-state index < -0.39 is 0 Å². The fraction of sp³-hybridized carbons (Fsp3) is 0.158. The van der Waals surface area contributed by atoms with Gasteiger partial charge in [0.25, 0.3) is 5.56 Å². The van der Waals surface area contributed by atoms with Crippen LogP contribution in [0.5, 0.6) is 5.75 Å². The summed E-state index contributed by atoms with van der Waals surface area (Å²) in [6, 6.07) is 13.1. The van der Waals surface area contributed by atoms with Crippen LogP contribution < -0.4 is 10.3 Å². The molecule has 0 atom stereocenters. The first-order valence-electron chi connectivity index (χ1n) is 7.56. The van der Waals surface area contributed by atoms with Crippen LogP contribution in [0, 0.1) is 6.92 Å². The maximum atomic E-state index is 13.1. The second-order valence-corrected chi connectivity index (χ2v) is 6.31. The summed E-state index contributed by atoms with van der Waals surface area (Å²) in [6.45, 7) is 5.74. The minimum Gasteiger partial charge on any atom is -0.495 e. The molecule has 3 aromatic rings. The van der Waals surface area contributed by atoms with Crippen LogP contribution >= 0.6 is 11.8 Å². The molecule has 0 spiro atoms. The van der Waals surface area contributed by atoms with E-state index in [0.29, 0.717) is 33.2 Å². The van der Waals surface area contributed by atoms with Gasteiger partial charge in [0.05, 0.1) is 23.7 Å². The number of aryl methyl sites for hydroxylation is 1. The van der Waals surface area contributed by atoms with Crippen LogP contribution in [-0.2, 0) is 0 Å². The van der Waals surface area contributed by atoms with E-state index in [2.05, 4.69) is 11.6 Å². The summed E-state index contributed by atoms with van der Waals surface area (Å²) in [5.41, 5.74) is 2.34. The molecule has 0 aliphatic rings. The van der Waals surface area contributed by atoms with Gasteiger partial charge < -0.3 is 4.74 Å². The molecule has 1 heterocycles. The first-order chi connectivity index (χ1) is 11.7. The van der Waals surface area contributed by atoms with E-state index in [9.17, 15) is 4.79 Å². The lowest BCUT2D eigenvalue weighted by molar-refractivity contribution is 0.411. The zero-order chi connectivity index (χ0) is 17.1. The number of hydrogen-bond acceptors (Lipinski definition) is 4. The van der Waals surface area contributed by atoms with E-state index in [1.165, 1.54) is 11.8 Å². The lowest BCUT2D eigenvalue weighted by Gasteiger charge is -2.16. The van der Waals surface area contributed by atoms with Crippen molar-refractivity contribution in [3.8, 4) is 11.4 Å². The van der Waals surface area contributed by atoms with Crippen molar-refractivity contribution in [2.45, 2.75) is 12.1 Å². The standard InChI is InChI=1S/C19H18N2O2S/c1-4-11-24-19-20-15-8-6-5-7-14(15)18(22)21(19)16-12-13(2)9-10-17(16)23-3/h4-10,12H,1,11H2,2-3H3. The number of para-hydroxylation sites is 1. The molecular weight excluding hydrogens is 320 g/mol. The monoisotopic (exact) mass is 338 g/mol. The number of rotatable bonds is 5. The maximum absolute atomic E-state index is 13.1. The Hall–Kier alpha value is -2.53. The predicted molar refractivity (Wildman–Crippen MR) is 99.6 cm³/mol. The van der Waals surface area contributed by atoms with Crippen molar-refractivity contribution < 1.29 is 4.74 Å². The highest BCUT2D eigenvalue weighted by atomic mass is 32.2. The molecule has 3 rings (SSSR count). The van der Waals surface area contributed by atoms with Crippen LogP contribution in [0.4, 0.5) is 0 Å². The normalized spacial score (nSPS) is 10.8. The molecule has 0 saturated heterocycles. The molecule has 2 aromatic carbocycles. The fourth-order valence-corrected chi connectivity index (χ4v) is 3.27. The van der Waals surface area contributed by atoms with Gasteiger partial charge >= 0.3 is 0 Å². The molecule has 0 saturated carbocycles. The summed E-state index contributed by atoms with van der Waals surface area (Å²) >= 11 is 1.47. The van der Waals surface area contributed by atoms with Crippen LogP contribution in [0.1, 0.15) is 5.56 Å². The van der Waals surface area contributed by atoms with Gasteiger partial charge in [-0.1, -0.05) is 36.0 Å². The molecule has 24 heavy (non-hydrogen) atoms. The van der Waals surface area contributed by atoms with E-state index in [1.807, 2.05) is 43.3 Å². The van der Waals surface area contributed by atoms with Crippen LogP contribution in [-0.4, -0.2) is 22.4 Å². The Morgan fingerprint density at radius 2 is 2.08 bits per heavy atom. The van der Waals surface area contributed by atoms with Crippen molar-refractivity contribution in [2.75, 3.05) is 12.9 Å². The maximum Gasteiger partial charge on any atom is 0.266 e. The topological polar surface area (TPSA) is 44.1 Å². The fourth-order valence-electron chi connectivity index (χ4n) is 2.53. The van der Waals surface area contributed by atoms with E-state index >= 15 is 0 Å². The second-order valence-electron chi connectivity index (χ2n) is 5.33. The van der Waals surface area contributed by atoms with Crippen molar-refractivity contribution in [3.05, 3.63) is 71.0 Å². The Kier molecular flexibility index (Phi) is 4.71. The lowest BCUT2D eigenvalue weighted by atomic mass is 10.2. The number of fused-ring (bicyclic) bond motifs is 1. The third-order valence-corrected chi connectivity index (χ3v) is 4.58. The molecule has 5 heteroatoms. The lowest BCUT2D eigenvalue weighted by Crippen LogP contribution is -2.22. The SMILES string of the molecule is C=CCSc1nc2ccccc2c(=O)n1-c1cc(C)ccc1OC. The van der Waals surface area contributed by atoms with Crippen molar-refractivity contribution >= 4 is 22.7 Å². The van der Waals surface area contributed by atoms with E-state index in [-0.39, 0.29) is 5.56 Å². The highest BCUT2D eigenvalue weighted by molar-refractivity contribution is 7.99. The second kappa shape index (κ2) is 6.93.